The summed E-state index contributed by atoms with van der Waals surface area (Å²) in [6.07, 6.45) is -1.00. The van der Waals surface area contributed by atoms with E-state index in [-0.39, 0.29) is 6.61 Å². The number of anilines is 1. The lowest BCUT2D eigenvalue weighted by molar-refractivity contribution is -0.123. The van der Waals surface area contributed by atoms with Gasteiger partial charge < -0.3 is 14.8 Å². The Bertz CT molecular complexity index is 1060. The first kappa shape index (κ1) is 20.6. The average Bonchev–Trinajstić information content (AvgIpc) is 2.79. The van der Waals surface area contributed by atoms with Gasteiger partial charge >= 0.3 is 5.97 Å². The molecule has 1 atom stereocenters. The van der Waals surface area contributed by atoms with Crippen LogP contribution in [0, 0.1) is 11.3 Å². The van der Waals surface area contributed by atoms with E-state index < -0.39 is 18.0 Å². The number of para-hydroxylation sites is 1. The third-order valence-corrected chi connectivity index (χ3v) is 4.31. The van der Waals surface area contributed by atoms with Gasteiger partial charge in [0.2, 0.25) is 0 Å². The number of benzene rings is 3. The van der Waals surface area contributed by atoms with Crippen LogP contribution in [-0.4, -0.2) is 18.0 Å². The van der Waals surface area contributed by atoms with Crippen LogP contribution in [0.15, 0.2) is 78.9 Å². The molecule has 1 amide bonds. The molecule has 0 aliphatic carbocycles. The summed E-state index contributed by atoms with van der Waals surface area (Å²) < 4.78 is 11.1. The minimum absolute atomic E-state index is 0.196. The lowest BCUT2D eigenvalue weighted by Crippen LogP contribution is -2.30. The number of rotatable bonds is 7. The lowest BCUT2D eigenvalue weighted by Gasteiger charge is -2.15. The Labute approximate surface area is 174 Å². The SMILES string of the molecule is C[C@H](OC(=O)c1ccccc1COc1ccccc1)C(=O)Nc1ccc(C#N)cc1. The molecule has 1 N–H and O–H groups in total. The fourth-order valence-electron chi connectivity index (χ4n) is 2.67. The highest BCUT2D eigenvalue weighted by molar-refractivity contribution is 5.97. The average molecular weight is 400 g/mol. The van der Waals surface area contributed by atoms with Crippen LogP contribution in [0.4, 0.5) is 5.69 Å². The number of ether oxygens (including phenoxy) is 2. The molecule has 0 fully saturated rings. The second-order valence-electron chi connectivity index (χ2n) is 6.48. The summed E-state index contributed by atoms with van der Waals surface area (Å²) >= 11 is 0. The summed E-state index contributed by atoms with van der Waals surface area (Å²) in [6, 6.07) is 24.6. The molecule has 150 valence electrons. The van der Waals surface area contributed by atoms with Gasteiger partial charge in [-0.1, -0.05) is 36.4 Å². The molecule has 6 nitrogen and oxygen atoms in total. The number of amides is 1. The molecule has 3 rings (SSSR count). The van der Waals surface area contributed by atoms with E-state index in [0.717, 1.165) is 0 Å². The Morgan fingerprint density at radius 2 is 1.63 bits per heavy atom. The minimum atomic E-state index is -1.00. The van der Waals surface area contributed by atoms with Crippen LogP contribution in [0.1, 0.15) is 28.4 Å². The molecule has 3 aromatic carbocycles. The van der Waals surface area contributed by atoms with Crippen LogP contribution >= 0.6 is 0 Å². The zero-order chi connectivity index (χ0) is 21.3. The van der Waals surface area contributed by atoms with E-state index in [1.54, 1.807) is 42.5 Å². The van der Waals surface area contributed by atoms with E-state index >= 15 is 0 Å². The Hall–Kier alpha value is -4.11. The molecule has 30 heavy (non-hydrogen) atoms. The first-order valence-corrected chi connectivity index (χ1v) is 9.34. The van der Waals surface area contributed by atoms with Crippen molar-refractivity contribution in [2.45, 2.75) is 19.6 Å². The zero-order valence-electron chi connectivity index (χ0n) is 16.4. The van der Waals surface area contributed by atoms with Gasteiger partial charge in [-0.15, -0.1) is 0 Å². The predicted molar refractivity (Wildman–Crippen MR) is 112 cm³/mol. The molecule has 0 radical (unpaired) electrons. The second kappa shape index (κ2) is 9.89. The van der Waals surface area contributed by atoms with Gasteiger partial charge in [-0.05, 0) is 49.4 Å². The molecule has 0 bridgehead atoms. The van der Waals surface area contributed by atoms with Crippen LogP contribution in [0.25, 0.3) is 0 Å². The number of carbonyl (C=O) groups excluding carboxylic acids is 2. The van der Waals surface area contributed by atoms with Gasteiger partial charge in [-0.2, -0.15) is 5.26 Å². The van der Waals surface area contributed by atoms with E-state index in [1.165, 1.54) is 6.92 Å². The van der Waals surface area contributed by atoms with Gasteiger partial charge in [-0.3, -0.25) is 4.79 Å². The first-order valence-electron chi connectivity index (χ1n) is 9.34. The maximum Gasteiger partial charge on any atom is 0.339 e. The van der Waals surface area contributed by atoms with Crippen LogP contribution in [0.5, 0.6) is 5.75 Å². The fourth-order valence-corrected chi connectivity index (χ4v) is 2.67. The third-order valence-electron chi connectivity index (χ3n) is 4.31. The number of nitrogens with one attached hydrogen (secondary N) is 1. The van der Waals surface area contributed by atoms with Gasteiger partial charge in [0.1, 0.15) is 12.4 Å². The fraction of sp³-hybridized carbons (Fsp3) is 0.125. The molecule has 6 heteroatoms. The van der Waals surface area contributed by atoms with Crippen molar-refractivity contribution in [1.82, 2.24) is 0 Å². The second-order valence-corrected chi connectivity index (χ2v) is 6.48. The van der Waals surface area contributed by atoms with Crippen LogP contribution < -0.4 is 10.1 Å². The number of hydrogen-bond acceptors (Lipinski definition) is 5. The highest BCUT2D eigenvalue weighted by atomic mass is 16.5. The van der Waals surface area contributed by atoms with Gasteiger partial charge in [0.15, 0.2) is 6.10 Å². The van der Waals surface area contributed by atoms with Crippen LogP contribution in [-0.2, 0) is 16.1 Å². The maximum atomic E-state index is 12.6. The summed E-state index contributed by atoms with van der Waals surface area (Å²) in [5, 5.41) is 11.5. The quantitative estimate of drug-likeness (QED) is 0.597. The van der Waals surface area contributed by atoms with E-state index in [4.69, 9.17) is 14.7 Å². The van der Waals surface area contributed by atoms with Gasteiger partial charge in [0.05, 0.1) is 17.2 Å². The molecule has 0 saturated heterocycles. The van der Waals surface area contributed by atoms with Crippen molar-refractivity contribution in [3.8, 4) is 11.8 Å². The number of hydrogen-bond donors (Lipinski definition) is 1. The van der Waals surface area contributed by atoms with E-state index in [1.807, 2.05) is 42.5 Å². The molecule has 0 aromatic heterocycles. The van der Waals surface area contributed by atoms with Crippen molar-refractivity contribution in [2.75, 3.05) is 5.32 Å². The van der Waals surface area contributed by atoms with Crippen molar-refractivity contribution in [1.29, 1.82) is 5.26 Å². The molecule has 0 heterocycles. The number of nitriles is 1. The Kier molecular flexibility index (Phi) is 6.80. The summed E-state index contributed by atoms with van der Waals surface area (Å²) in [6.45, 7) is 1.70. The standard InChI is InChI=1S/C24H20N2O4/c1-17(23(27)26-20-13-11-18(15-25)12-14-20)30-24(28)22-10-6-5-7-19(22)16-29-21-8-3-2-4-9-21/h2-14,17H,16H2,1H3,(H,26,27)/t17-/m0/s1. The summed E-state index contributed by atoms with van der Waals surface area (Å²) in [4.78, 5) is 25.0. The van der Waals surface area contributed by atoms with Crippen molar-refractivity contribution >= 4 is 17.6 Å². The molecule has 3 aromatic rings. The van der Waals surface area contributed by atoms with Crippen molar-refractivity contribution in [3.05, 3.63) is 95.6 Å². The normalized spacial score (nSPS) is 11.1. The molecule has 0 unspecified atom stereocenters. The monoisotopic (exact) mass is 400 g/mol. The van der Waals surface area contributed by atoms with E-state index in [2.05, 4.69) is 5.32 Å². The summed E-state index contributed by atoms with van der Waals surface area (Å²) in [7, 11) is 0. The highest BCUT2D eigenvalue weighted by Gasteiger charge is 2.21. The smallest absolute Gasteiger partial charge is 0.339 e. The van der Waals surface area contributed by atoms with Crippen molar-refractivity contribution in [3.63, 3.8) is 0 Å². The van der Waals surface area contributed by atoms with Crippen LogP contribution in [0.2, 0.25) is 0 Å². The highest BCUT2D eigenvalue weighted by Crippen LogP contribution is 2.17. The third kappa shape index (κ3) is 5.46. The molecule has 0 aliphatic heterocycles. The van der Waals surface area contributed by atoms with E-state index in [0.29, 0.717) is 28.1 Å². The zero-order valence-corrected chi connectivity index (χ0v) is 16.4. The number of carbonyl (C=O) groups is 2. The maximum absolute atomic E-state index is 12.6. The Morgan fingerprint density at radius 3 is 2.33 bits per heavy atom. The number of esters is 1. The number of nitrogens with zero attached hydrogens (tertiary/aromatic N) is 1. The van der Waals surface area contributed by atoms with Crippen molar-refractivity contribution < 1.29 is 19.1 Å². The molecular weight excluding hydrogens is 380 g/mol. The summed E-state index contributed by atoms with van der Waals surface area (Å²) in [5.74, 6) is -0.383. The topological polar surface area (TPSA) is 88.4 Å². The van der Waals surface area contributed by atoms with Crippen molar-refractivity contribution in [2.24, 2.45) is 0 Å². The van der Waals surface area contributed by atoms with Gasteiger partial charge in [-0.25, -0.2) is 4.79 Å². The minimum Gasteiger partial charge on any atom is -0.489 e. The Balaban J connectivity index is 1.61. The largest absolute Gasteiger partial charge is 0.489 e. The Morgan fingerprint density at radius 1 is 0.967 bits per heavy atom. The lowest BCUT2D eigenvalue weighted by atomic mass is 10.1. The molecule has 0 saturated carbocycles. The first-order chi connectivity index (χ1) is 14.6. The predicted octanol–water partition coefficient (Wildman–Crippen LogP) is 4.32. The van der Waals surface area contributed by atoms with Crippen LogP contribution in [0.3, 0.4) is 0 Å². The van der Waals surface area contributed by atoms with Gasteiger partial charge in [0.25, 0.3) is 5.91 Å². The molecule has 0 aliphatic rings. The van der Waals surface area contributed by atoms with Gasteiger partial charge in [0, 0.05) is 11.3 Å². The molecule has 0 spiro atoms. The van der Waals surface area contributed by atoms with E-state index in [9.17, 15) is 9.59 Å². The molecular formula is C24H20N2O4. The summed E-state index contributed by atoms with van der Waals surface area (Å²) in [5.41, 5.74) is 2.00.